The van der Waals surface area contributed by atoms with Crippen molar-refractivity contribution in [3.8, 4) is 16.8 Å². The van der Waals surface area contributed by atoms with Crippen LogP contribution in [0.5, 0.6) is 0 Å². The molecule has 8 aromatic carbocycles. The first-order valence-corrected chi connectivity index (χ1v) is 18.7. The predicted molar refractivity (Wildman–Crippen MR) is 228 cm³/mol. The fraction of sp³-hybridized carbons (Fsp3) is 0.0588. The summed E-state index contributed by atoms with van der Waals surface area (Å²) in [6, 6.07) is 72.5. The summed E-state index contributed by atoms with van der Waals surface area (Å²) in [4.78, 5) is 4.73. The zero-order chi connectivity index (χ0) is 36.2. The lowest BCUT2D eigenvalue weighted by atomic mass is 9.82. The van der Waals surface area contributed by atoms with Gasteiger partial charge in [0.05, 0.1) is 11.0 Å². The molecule has 3 heteroatoms. The summed E-state index contributed by atoms with van der Waals surface area (Å²) in [5.74, 6) is 0. The Labute approximate surface area is 316 Å². The molecule has 0 radical (unpaired) electrons. The first kappa shape index (κ1) is 31.9. The van der Waals surface area contributed by atoms with Gasteiger partial charge >= 0.3 is 0 Å². The predicted octanol–water partition coefficient (Wildman–Crippen LogP) is 14.0. The Hall–Kier alpha value is -6.84. The van der Waals surface area contributed by atoms with Gasteiger partial charge in [-0.3, -0.25) is 0 Å². The van der Waals surface area contributed by atoms with E-state index in [-0.39, 0.29) is 5.41 Å². The lowest BCUT2D eigenvalue weighted by molar-refractivity contribution is 0.660. The van der Waals surface area contributed by atoms with Gasteiger partial charge in [-0.15, -0.1) is 0 Å². The molecule has 0 bridgehead atoms. The molecule has 0 unspecified atom stereocenters. The summed E-state index contributed by atoms with van der Waals surface area (Å²) in [5, 5.41) is 2.46. The zero-order valence-electron chi connectivity index (χ0n) is 30.4. The number of benzene rings is 8. The molecule has 0 N–H and O–H groups in total. The topological polar surface area (TPSA) is 11.4 Å². The molecule has 1 aromatic heterocycles. The molecular weight excluding hydrogens is 655 g/mol. The van der Waals surface area contributed by atoms with Crippen molar-refractivity contribution < 1.29 is 0 Å². The molecule has 1 aliphatic carbocycles. The van der Waals surface area contributed by atoms with Crippen LogP contribution in [0, 0.1) is 0 Å². The third kappa shape index (κ3) is 5.12. The fourth-order valence-corrected chi connectivity index (χ4v) is 8.60. The summed E-state index contributed by atoms with van der Waals surface area (Å²) in [6.07, 6.45) is 0. The minimum Gasteiger partial charge on any atom is -0.311 e. The summed E-state index contributed by atoms with van der Waals surface area (Å²) >= 11 is 0. The van der Waals surface area contributed by atoms with E-state index in [1.54, 1.807) is 0 Å². The van der Waals surface area contributed by atoms with Crippen LogP contribution in [0.25, 0.3) is 38.6 Å². The monoisotopic (exact) mass is 693 g/mol. The second kappa shape index (κ2) is 12.7. The fourth-order valence-electron chi connectivity index (χ4n) is 8.60. The molecule has 54 heavy (non-hydrogen) atoms. The van der Waals surface area contributed by atoms with E-state index >= 15 is 0 Å². The largest absolute Gasteiger partial charge is 0.311 e. The number of para-hydroxylation sites is 4. The Morgan fingerprint density at radius 3 is 1.50 bits per heavy atom. The Morgan fingerprint density at radius 2 is 0.815 bits per heavy atom. The van der Waals surface area contributed by atoms with Crippen LogP contribution in [0.3, 0.4) is 0 Å². The number of nitrogens with zero attached hydrogens (tertiary/aromatic N) is 3. The number of anilines is 6. The standard InChI is InChI=1S/C51H39N3/c1-51(2)47-24-14-12-22-43(47)45-34-41(30-32-48(45)51)53(40-28-26-39(27-29-40)52(36-16-6-3-7-17-36)37-18-8-4-9-19-37)42-31-33-50-46(35-42)44-23-13-15-25-49(44)54(50)38-20-10-5-11-21-38/h3-35H,1-2H3. The summed E-state index contributed by atoms with van der Waals surface area (Å²) < 4.78 is 2.38. The van der Waals surface area contributed by atoms with Gasteiger partial charge in [0, 0.05) is 56.0 Å². The van der Waals surface area contributed by atoms with Crippen molar-refractivity contribution in [2.24, 2.45) is 0 Å². The van der Waals surface area contributed by atoms with E-state index in [9.17, 15) is 0 Å². The molecule has 258 valence electrons. The van der Waals surface area contributed by atoms with Crippen LogP contribution in [0.1, 0.15) is 25.0 Å². The van der Waals surface area contributed by atoms with Crippen LogP contribution in [-0.2, 0) is 5.41 Å². The molecule has 1 aliphatic rings. The minimum absolute atomic E-state index is 0.0621. The molecule has 0 atom stereocenters. The molecule has 9 aromatic rings. The number of aromatic nitrogens is 1. The summed E-state index contributed by atoms with van der Waals surface area (Å²) in [7, 11) is 0. The minimum atomic E-state index is -0.0621. The quantitative estimate of drug-likeness (QED) is 0.165. The number of hydrogen-bond acceptors (Lipinski definition) is 2. The van der Waals surface area contributed by atoms with E-state index < -0.39 is 0 Å². The van der Waals surface area contributed by atoms with Crippen LogP contribution in [0.2, 0.25) is 0 Å². The van der Waals surface area contributed by atoms with E-state index in [4.69, 9.17) is 0 Å². The van der Waals surface area contributed by atoms with Gasteiger partial charge in [0.2, 0.25) is 0 Å². The number of fused-ring (bicyclic) bond motifs is 6. The van der Waals surface area contributed by atoms with E-state index in [0.717, 1.165) is 39.8 Å². The van der Waals surface area contributed by atoms with Crippen LogP contribution < -0.4 is 9.80 Å². The molecule has 0 spiro atoms. The third-order valence-electron chi connectivity index (χ3n) is 11.1. The maximum Gasteiger partial charge on any atom is 0.0542 e. The van der Waals surface area contributed by atoms with Crippen molar-refractivity contribution in [1.29, 1.82) is 0 Å². The molecule has 0 saturated heterocycles. The Bertz CT molecular complexity index is 2740. The second-order valence-corrected chi connectivity index (χ2v) is 14.6. The zero-order valence-corrected chi connectivity index (χ0v) is 30.4. The lowest BCUT2D eigenvalue weighted by Crippen LogP contribution is -2.15. The molecule has 0 aliphatic heterocycles. The maximum atomic E-state index is 2.42. The van der Waals surface area contributed by atoms with Crippen LogP contribution in [-0.4, -0.2) is 4.57 Å². The molecule has 3 nitrogen and oxygen atoms in total. The van der Waals surface area contributed by atoms with Gasteiger partial charge in [-0.1, -0.05) is 117 Å². The van der Waals surface area contributed by atoms with Gasteiger partial charge in [-0.2, -0.15) is 0 Å². The Morgan fingerprint density at radius 1 is 0.352 bits per heavy atom. The highest BCUT2D eigenvalue weighted by molar-refractivity contribution is 6.10. The molecule has 0 saturated carbocycles. The molecule has 0 fully saturated rings. The summed E-state index contributed by atoms with van der Waals surface area (Å²) in [6.45, 7) is 4.69. The number of rotatable bonds is 7. The highest BCUT2D eigenvalue weighted by Gasteiger charge is 2.35. The van der Waals surface area contributed by atoms with Crippen molar-refractivity contribution in [3.05, 3.63) is 211 Å². The van der Waals surface area contributed by atoms with Crippen molar-refractivity contribution in [3.63, 3.8) is 0 Å². The van der Waals surface area contributed by atoms with E-state index in [1.807, 2.05) is 0 Å². The van der Waals surface area contributed by atoms with Crippen molar-refractivity contribution in [1.82, 2.24) is 4.57 Å². The highest BCUT2D eigenvalue weighted by Crippen LogP contribution is 2.51. The smallest absolute Gasteiger partial charge is 0.0542 e. The average Bonchev–Trinajstić information content (AvgIpc) is 3.68. The van der Waals surface area contributed by atoms with Gasteiger partial charge < -0.3 is 14.4 Å². The van der Waals surface area contributed by atoms with Gasteiger partial charge in [0.15, 0.2) is 0 Å². The normalized spacial score (nSPS) is 12.8. The Kier molecular flexibility index (Phi) is 7.48. The molecule has 10 rings (SSSR count). The first-order valence-electron chi connectivity index (χ1n) is 18.7. The summed E-state index contributed by atoms with van der Waals surface area (Å²) in [5.41, 5.74) is 15.5. The lowest BCUT2D eigenvalue weighted by Gasteiger charge is -2.29. The van der Waals surface area contributed by atoms with E-state index in [0.29, 0.717) is 0 Å². The maximum absolute atomic E-state index is 2.42. The van der Waals surface area contributed by atoms with Crippen molar-refractivity contribution in [2.75, 3.05) is 9.80 Å². The van der Waals surface area contributed by atoms with Crippen molar-refractivity contribution >= 4 is 55.9 Å². The van der Waals surface area contributed by atoms with Gasteiger partial charge in [0.25, 0.3) is 0 Å². The van der Waals surface area contributed by atoms with Gasteiger partial charge in [-0.05, 0) is 119 Å². The van der Waals surface area contributed by atoms with Crippen LogP contribution in [0.15, 0.2) is 200 Å². The van der Waals surface area contributed by atoms with Crippen LogP contribution in [0.4, 0.5) is 34.1 Å². The van der Waals surface area contributed by atoms with Gasteiger partial charge in [0.1, 0.15) is 0 Å². The molecule has 1 heterocycles. The average molecular weight is 694 g/mol. The third-order valence-corrected chi connectivity index (χ3v) is 11.1. The van der Waals surface area contributed by atoms with E-state index in [2.05, 4.69) is 228 Å². The first-order chi connectivity index (χ1) is 26.6. The molecular formula is C51H39N3. The Balaban J connectivity index is 1.16. The molecule has 0 amide bonds. The van der Waals surface area contributed by atoms with E-state index in [1.165, 1.54) is 44.1 Å². The van der Waals surface area contributed by atoms with Crippen molar-refractivity contribution in [2.45, 2.75) is 19.3 Å². The van der Waals surface area contributed by atoms with Crippen LogP contribution >= 0.6 is 0 Å². The second-order valence-electron chi connectivity index (χ2n) is 14.6. The number of hydrogen-bond donors (Lipinski definition) is 0. The highest BCUT2D eigenvalue weighted by atomic mass is 15.2. The van der Waals surface area contributed by atoms with Gasteiger partial charge in [-0.25, -0.2) is 0 Å². The SMILES string of the molecule is CC1(C)c2ccccc2-c2cc(N(c3ccc(N(c4ccccc4)c4ccccc4)cc3)c3ccc4c(c3)c3ccccc3n4-c3ccccc3)ccc21.